The highest BCUT2D eigenvalue weighted by atomic mass is 35.5. The van der Waals surface area contributed by atoms with Gasteiger partial charge in [-0.15, -0.1) is 0 Å². The maximum atomic E-state index is 12.1. The van der Waals surface area contributed by atoms with Crippen LogP contribution in [0.4, 0.5) is 5.82 Å². The van der Waals surface area contributed by atoms with Crippen LogP contribution in [0, 0.1) is 0 Å². The standard InChI is InChI=1S/C19H22Cl2N5O8PS/c1-9(10-4-2-3-5-12(10)20)23-16-11-6-22-26(17(11)25-19(21)24-16)18-15(28)14(27)13(34-18)7-36(32,33)8-35(29,30)31/h2-6,9,13-15,18,27-28H,7-8H2,1H3,(H,23,24,25)(H2,29,30,31)/t9-,13+,14+,15+,18+/m0/s1. The number of hydrogen-bond donors (Lipinski definition) is 5. The molecule has 0 aliphatic carbocycles. The number of fused-ring (bicyclic) bond motifs is 1. The molecule has 1 aromatic carbocycles. The van der Waals surface area contributed by atoms with Crippen LogP contribution in [0.15, 0.2) is 30.5 Å². The lowest BCUT2D eigenvalue weighted by molar-refractivity contribution is -0.0364. The summed E-state index contributed by atoms with van der Waals surface area (Å²) in [5, 5.41) is 29.1. The minimum Gasteiger partial charge on any atom is -0.387 e. The van der Waals surface area contributed by atoms with Crippen molar-refractivity contribution >= 4 is 57.5 Å². The van der Waals surface area contributed by atoms with E-state index in [1.807, 2.05) is 19.1 Å². The summed E-state index contributed by atoms with van der Waals surface area (Å²) in [5.41, 5.74) is -0.496. The van der Waals surface area contributed by atoms with Crippen molar-refractivity contribution < 1.29 is 37.7 Å². The van der Waals surface area contributed by atoms with Crippen molar-refractivity contribution in [1.29, 1.82) is 0 Å². The SMILES string of the molecule is C[C@H](Nc1nc(Cl)nc2c1cnn2[C@@H]1O[C@H](CS(=O)(=O)CP(=O)(O)O)[C@@H](O)[C@H]1O)c1ccccc1Cl. The minimum absolute atomic E-state index is 0.124. The van der Waals surface area contributed by atoms with Crippen LogP contribution in [-0.4, -0.2) is 77.7 Å². The van der Waals surface area contributed by atoms with E-state index < -0.39 is 53.2 Å². The highest BCUT2D eigenvalue weighted by Crippen LogP contribution is 2.38. The third-order valence-electron chi connectivity index (χ3n) is 5.51. The number of sulfone groups is 1. The predicted molar refractivity (Wildman–Crippen MR) is 130 cm³/mol. The molecule has 0 amide bonds. The number of rotatable bonds is 8. The Bertz CT molecular complexity index is 1430. The Labute approximate surface area is 215 Å². The molecular weight excluding hydrogens is 560 g/mol. The zero-order valence-electron chi connectivity index (χ0n) is 18.5. The maximum absolute atomic E-state index is 12.1. The molecule has 1 aliphatic rings. The third kappa shape index (κ3) is 5.82. The number of hydrogen-bond acceptors (Lipinski definition) is 10. The normalized spacial score (nSPS) is 23.8. The van der Waals surface area contributed by atoms with Gasteiger partial charge in [0.05, 0.1) is 23.4 Å². The quantitative estimate of drug-likeness (QED) is 0.190. The fourth-order valence-electron chi connectivity index (χ4n) is 3.93. The van der Waals surface area contributed by atoms with E-state index in [1.54, 1.807) is 12.1 Å². The van der Waals surface area contributed by atoms with E-state index in [2.05, 4.69) is 20.4 Å². The van der Waals surface area contributed by atoms with Gasteiger partial charge in [-0.25, -0.2) is 13.1 Å². The number of ether oxygens (including phenoxy) is 1. The summed E-state index contributed by atoms with van der Waals surface area (Å²) in [6.07, 6.45) is -4.77. The number of nitrogens with one attached hydrogen (secondary N) is 1. The van der Waals surface area contributed by atoms with Crippen LogP contribution in [0.1, 0.15) is 24.8 Å². The summed E-state index contributed by atoms with van der Waals surface area (Å²) < 4.78 is 42.1. The van der Waals surface area contributed by atoms with Crippen molar-refractivity contribution in [3.05, 3.63) is 46.3 Å². The maximum Gasteiger partial charge on any atom is 0.340 e. The summed E-state index contributed by atoms with van der Waals surface area (Å²) in [7, 11) is -9.20. The summed E-state index contributed by atoms with van der Waals surface area (Å²) in [6, 6.07) is 6.93. The second-order valence-electron chi connectivity index (χ2n) is 8.31. The molecule has 13 nitrogen and oxygen atoms in total. The first-order valence-corrected chi connectivity index (χ1v) is 14.8. The molecule has 4 rings (SSSR count). The number of aliphatic hydroxyl groups excluding tert-OH is 2. The molecule has 196 valence electrons. The van der Waals surface area contributed by atoms with Gasteiger partial charge in [0.1, 0.15) is 24.1 Å². The van der Waals surface area contributed by atoms with E-state index >= 15 is 0 Å². The average molecular weight is 582 g/mol. The van der Waals surface area contributed by atoms with E-state index in [9.17, 15) is 23.2 Å². The number of nitrogens with zero attached hydrogens (tertiary/aromatic N) is 4. The molecule has 1 fully saturated rings. The molecular formula is C19H22Cl2N5O8PS. The molecule has 0 bridgehead atoms. The molecule has 1 saturated heterocycles. The van der Waals surface area contributed by atoms with Gasteiger partial charge in [-0.1, -0.05) is 29.8 Å². The van der Waals surface area contributed by atoms with Crippen molar-refractivity contribution in [2.75, 3.05) is 16.6 Å². The van der Waals surface area contributed by atoms with Crippen LogP contribution in [0.5, 0.6) is 0 Å². The summed E-state index contributed by atoms with van der Waals surface area (Å²) in [4.78, 5) is 26.3. The minimum atomic E-state index is -4.88. The van der Waals surface area contributed by atoms with Gasteiger partial charge in [-0.2, -0.15) is 15.1 Å². The number of aliphatic hydroxyl groups is 2. The van der Waals surface area contributed by atoms with Gasteiger partial charge in [0.15, 0.2) is 27.2 Å². The molecule has 0 radical (unpaired) electrons. The van der Waals surface area contributed by atoms with Gasteiger partial charge < -0.3 is 30.1 Å². The molecule has 0 unspecified atom stereocenters. The molecule has 0 saturated carbocycles. The Balaban J connectivity index is 1.62. The molecule has 3 aromatic rings. The Hall–Kier alpha value is -1.87. The van der Waals surface area contributed by atoms with Crippen LogP contribution < -0.4 is 5.32 Å². The van der Waals surface area contributed by atoms with Crippen LogP contribution in [0.2, 0.25) is 10.3 Å². The number of benzene rings is 1. The summed E-state index contributed by atoms with van der Waals surface area (Å²) >= 11 is 12.4. The third-order valence-corrected chi connectivity index (χ3v) is 9.78. The second-order valence-corrected chi connectivity index (χ2v) is 13.2. The monoisotopic (exact) mass is 581 g/mol. The van der Waals surface area contributed by atoms with Gasteiger partial charge in [-0.05, 0) is 30.2 Å². The van der Waals surface area contributed by atoms with Crippen molar-refractivity contribution in [2.24, 2.45) is 0 Å². The molecule has 1 aliphatic heterocycles. The summed E-state index contributed by atoms with van der Waals surface area (Å²) in [5.74, 6) is -0.623. The number of halogens is 2. The van der Waals surface area contributed by atoms with Crippen molar-refractivity contribution in [2.45, 2.75) is 37.5 Å². The molecule has 5 atom stereocenters. The first-order chi connectivity index (χ1) is 16.8. The van der Waals surface area contributed by atoms with E-state index in [1.165, 1.54) is 6.20 Å². The average Bonchev–Trinajstić information content (AvgIpc) is 3.28. The van der Waals surface area contributed by atoms with Crippen molar-refractivity contribution in [1.82, 2.24) is 19.7 Å². The zero-order chi connectivity index (χ0) is 26.4. The van der Waals surface area contributed by atoms with Gasteiger partial charge in [0, 0.05) is 5.02 Å². The Morgan fingerprint density at radius 2 is 1.89 bits per heavy atom. The molecule has 3 heterocycles. The van der Waals surface area contributed by atoms with Gasteiger partial charge in [0.2, 0.25) is 5.28 Å². The molecule has 36 heavy (non-hydrogen) atoms. The predicted octanol–water partition coefficient (Wildman–Crippen LogP) is 1.48. The molecule has 5 N–H and O–H groups in total. The Morgan fingerprint density at radius 3 is 2.56 bits per heavy atom. The molecule has 0 spiro atoms. The first-order valence-electron chi connectivity index (χ1n) is 10.4. The smallest absolute Gasteiger partial charge is 0.340 e. The van der Waals surface area contributed by atoms with Crippen LogP contribution in [-0.2, 0) is 19.1 Å². The zero-order valence-corrected chi connectivity index (χ0v) is 21.7. The van der Waals surface area contributed by atoms with Gasteiger partial charge in [-0.3, -0.25) is 4.57 Å². The molecule has 2 aromatic heterocycles. The summed E-state index contributed by atoms with van der Waals surface area (Å²) in [6.45, 7) is 1.86. The lowest BCUT2D eigenvalue weighted by Gasteiger charge is -2.18. The fourth-order valence-corrected chi connectivity index (χ4v) is 7.64. The Morgan fingerprint density at radius 1 is 1.19 bits per heavy atom. The lowest BCUT2D eigenvalue weighted by atomic mass is 10.1. The van der Waals surface area contributed by atoms with Gasteiger partial charge >= 0.3 is 7.60 Å². The fraction of sp³-hybridized carbons (Fsp3) is 0.421. The number of aromatic nitrogens is 4. The Kier molecular flexibility index (Phi) is 7.64. The van der Waals surface area contributed by atoms with E-state index in [0.717, 1.165) is 10.2 Å². The van der Waals surface area contributed by atoms with E-state index in [0.29, 0.717) is 16.2 Å². The van der Waals surface area contributed by atoms with Crippen LogP contribution in [0.3, 0.4) is 0 Å². The second kappa shape index (κ2) is 10.1. The largest absolute Gasteiger partial charge is 0.387 e. The lowest BCUT2D eigenvalue weighted by Crippen LogP contribution is -2.36. The van der Waals surface area contributed by atoms with Gasteiger partial charge in [0.25, 0.3) is 0 Å². The molecule has 17 heteroatoms. The first kappa shape index (κ1) is 27.2. The highest BCUT2D eigenvalue weighted by molar-refractivity contribution is 7.97. The van der Waals surface area contributed by atoms with E-state index in [4.69, 9.17) is 37.7 Å². The highest BCUT2D eigenvalue weighted by Gasteiger charge is 2.47. The number of anilines is 1. The van der Waals surface area contributed by atoms with Crippen LogP contribution >= 0.6 is 30.8 Å². The van der Waals surface area contributed by atoms with Crippen LogP contribution in [0.25, 0.3) is 11.0 Å². The topological polar surface area (TPSA) is 197 Å². The van der Waals surface area contributed by atoms with Crippen molar-refractivity contribution in [3.63, 3.8) is 0 Å². The van der Waals surface area contributed by atoms with Crippen molar-refractivity contribution in [3.8, 4) is 0 Å². The van der Waals surface area contributed by atoms with E-state index in [-0.39, 0.29) is 17.0 Å².